The van der Waals surface area contributed by atoms with Gasteiger partial charge in [-0.3, -0.25) is 0 Å². The first-order valence-corrected chi connectivity index (χ1v) is 17.0. The van der Waals surface area contributed by atoms with Crippen molar-refractivity contribution in [1.82, 2.24) is 0 Å². The van der Waals surface area contributed by atoms with Crippen LogP contribution in [0.15, 0.2) is 154 Å². The highest BCUT2D eigenvalue weighted by Crippen LogP contribution is 2.53. The molecule has 11 rings (SSSR count). The maximum absolute atomic E-state index is 6.54. The maximum Gasteiger partial charge on any atom is 0.143 e. The SMILES string of the molecule is CC1(C)c2cc(-c3cccc4oc5c6ccccc6ccc5c34)ccc2-c2ccc3c(-c4ccc5c(c4)oc4ccccc45)cccc3c21. The Morgan fingerprint density at radius 3 is 2.02 bits per heavy atom. The van der Waals surface area contributed by atoms with Crippen LogP contribution in [-0.4, -0.2) is 0 Å². The summed E-state index contributed by atoms with van der Waals surface area (Å²) in [5, 5.41) is 9.55. The molecule has 0 aliphatic heterocycles. The Morgan fingerprint density at radius 2 is 1.08 bits per heavy atom. The van der Waals surface area contributed by atoms with Gasteiger partial charge in [-0.15, -0.1) is 0 Å². The monoisotopic (exact) mass is 626 g/mol. The predicted molar refractivity (Wildman–Crippen MR) is 204 cm³/mol. The van der Waals surface area contributed by atoms with Crippen molar-refractivity contribution < 1.29 is 8.83 Å². The molecule has 2 aromatic heterocycles. The van der Waals surface area contributed by atoms with E-state index in [2.05, 4.69) is 147 Å². The van der Waals surface area contributed by atoms with Crippen LogP contribution in [0.25, 0.3) is 98.8 Å². The van der Waals surface area contributed by atoms with E-state index >= 15 is 0 Å². The molecule has 49 heavy (non-hydrogen) atoms. The zero-order valence-corrected chi connectivity index (χ0v) is 27.2. The Labute approximate surface area is 282 Å². The van der Waals surface area contributed by atoms with Gasteiger partial charge < -0.3 is 8.83 Å². The molecule has 0 spiro atoms. The van der Waals surface area contributed by atoms with Gasteiger partial charge >= 0.3 is 0 Å². The van der Waals surface area contributed by atoms with Crippen molar-refractivity contribution in [3.63, 3.8) is 0 Å². The van der Waals surface area contributed by atoms with Gasteiger partial charge in [0.25, 0.3) is 0 Å². The lowest BCUT2D eigenvalue weighted by Crippen LogP contribution is -2.15. The zero-order chi connectivity index (χ0) is 32.4. The number of rotatable bonds is 2. The first kappa shape index (κ1) is 26.9. The molecule has 2 heterocycles. The summed E-state index contributed by atoms with van der Waals surface area (Å²) in [6, 6.07) is 52.7. The van der Waals surface area contributed by atoms with Crippen molar-refractivity contribution in [3.05, 3.63) is 157 Å². The fraction of sp³-hybridized carbons (Fsp3) is 0.0638. The molecule has 0 unspecified atom stereocenters. The number of para-hydroxylation sites is 1. The molecule has 0 radical (unpaired) electrons. The fourth-order valence-corrected chi connectivity index (χ4v) is 8.79. The normalized spacial score (nSPS) is 13.7. The van der Waals surface area contributed by atoms with Crippen LogP contribution >= 0.6 is 0 Å². The Hall–Kier alpha value is -6.12. The number of fused-ring (bicyclic) bond motifs is 13. The maximum atomic E-state index is 6.54. The van der Waals surface area contributed by atoms with Crippen LogP contribution < -0.4 is 0 Å². The lowest BCUT2D eigenvalue weighted by Gasteiger charge is -2.24. The molecular formula is C47H30O2. The van der Waals surface area contributed by atoms with Crippen LogP contribution in [0.1, 0.15) is 25.0 Å². The summed E-state index contributed by atoms with van der Waals surface area (Å²) < 4.78 is 12.8. The van der Waals surface area contributed by atoms with E-state index in [1.165, 1.54) is 66.1 Å². The van der Waals surface area contributed by atoms with Crippen LogP contribution in [-0.2, 0) is 5.41 Å². The lowest BCUT2D eigenvalue weighted by atomic mass is 9.79. The second-order valence-corrected chi connectivity index (χ2v) is 14.0. The van der Waals surface area contributed by atoms with Crippen LogP contribution in [0.5, 0.6) is 0 Å². The summed E-state index contributed by atoms with van der Waals surface area (Å²) in [5.41, 5.74) is 13.7. The minimum Gasteiger partial charge on any atom is -0.456 e. The van der Waals surface area contributed by atoms with Gasteiger partial charge in [0.15, 0.2) is 0 Å². The molecule has 0 amide bonds. The molecule has 10 aromatic rings. The largest absolute Gasteiger partial charge is 0.456 e. The summed E-state index contributed by atoms with van der Waals surface area (Å²) >= 11 is 0. The van der Waals surface area contributed by atoms with Crippen molar-refractivity contribution in [2.45, 2.75) is 19.3 Å². The third-order valence-electron chi connectivity index (χ3n) is 11.1. The van der Waals surface area contributed by atoms with Gasteiger partial charge in [0.2, 0.25) is 0 Å². The van der Waals surface area contributed by atoms with Crippen molar-refractivity contribution in [2.24, 2.45) is 0 Å². The number of benzene rings is 8. The summed E-state index contributed by atoms with van der Waals surface area (Å²) in [7, 11) is 0. The van der Waals surface area contributed by atoms with Gasteiger partial charge in [0.05, 0.1) is 0 Å². The van der Waals surface area contributed by atoms with Gasteiger partial charge in [-0.25, -0.2) is 0 Å². The molecule has 0 atom stereocenters. The predicted octanol–water partition coefficient (Wildman–Crippen LogP) is 13.4. The van der Waals surface area contributed by atoms with E-state index in [-0.39, 0.29) is 5.41 Å². The molecule has 0 bridgehead atoms. The third kappa shape index (κ3) is 3.61. The lowest BCUT2D eigenvalue weighted by molar-refractivity contribution is 0.666. The van der Waals surface area contributed by atoms with Gasteiger partial charge in [0.1, 0.15) is 22.3 Å². The fourth-order valence-electron chi connectivity index (χ4n) is 8.79. The van der Waals surface area contributed by atoms with Crippen LogP contribution in [0, 0.1) is 0 Å². The van der Waals surface area contributed by atoms with Crippen LogP contribution in [0.3, 0.4) is 0 Å². The van der Waals surface area contributed by atoms with Gasteiger partial charge in [0, 0.05) is 32.3 Å². The Kier molecular flexibility index (Phi) is 5.21. The van der Waals surface area contributed by atoms with E-state index in [0.717, 1.165) is 43.9 Å². The van der Waals surface area contributed by atoms with Crippen molar-refractivity contribution in [1.29, 1.82) is 0 Å². The Bertz CT molecular complexity index is 3020. The van der Waals surface area contributed by atoms with E-state index in [0.29, 0.717) is 0 Å². The molecule has 0 saturated heterocycles. The summed E-state index contributed by atoms with van der Waals surface area (Å²) in [6.45, 7) is 4.77. The quantitative estimate of drug-likeness (QED) is 0.191. The highest BCUT2D eigenvalue weighted by atomic mass is 16.3. The van der Waals surface area contributed by atoms with Crippen molar-refractivity contribution >= 4 is 65.4 Å². The van der Waals surface area contributed by atoms with E-state index in [1.807, 2.05) is 12.1 Å². The molecule has 0 saturated carbocycles. The molecule has 0 N–H and O–H groups in total. The van der Waals surface area contributed by atoms with Crippen molar-refractivity contribution in [2.75, 3.05) is 0 Å². The molecule has 0 fully saturated rings. The summed E-state index contributed by atoms with van der Waals surface area (Å²) in [5.74, 6) is 0. The smallest absolute Gasteiger partial charge is 0.143 e. The van der Waals surface area contributed by atoms with E-state index in [1.54, 1.807) is 0 Å². The topological polar surface area (TPSA) is 26.3 Å². The zero-order valence-electron chi connectivity index (χ0n) is 27.2. The Balaban J connectivity index is 1.07. The van der Waals surface area contributed by atoms with Gasteiger partial charge in [-0.05, 0) is 97.1 Å². The van der Waals surface area contributed by atoms with E-state index < -0.39 is 0 Å². The molecule has 1 aliphatic rings. The van der Waals surface area contributed by atoms with Gasteiger partial charge in [-0.1, -0.05) is 123 Å². The van der Waals surface area contributed by atoms with Crippen LogP contribution in [0.4, 0.5) is 0 Å². The Morgan fingerprint density at radius 1 is 0.408 bits per heavy atom. The molecule has 1 aliphatic carbocycles. The number of hydrogen-bond donors (Lipinski definition) is 0. The van der Waals surface area contributed by atoms with E-state index in [9.17, 15) is 0 Å². The van der Waals surface area contributed by atoms with Crippen molar-refractivity contribution in [3.8, 4) is 33.4 Å². The first-order chi connectivity index (χ1) is 24.0. The average molecular weight is 627 g/mol. The minimum absolute atomic E-state index is 0.190. The molecule has 8 aromatic carbocycles. The molecular weight excluding hydrogens is 597 g/mol. The number of hydrogen-bond acceptors (Lipinski definition) is 2. The molecule has 2 nitrogen and oxygen atoms in total. The number of furan rings is 2. The summed E-state index contributed by atoms with van der Waals surface area (Å²) in [6.07, 6.45) is 0. The second kappa shape index (κ2) is 9.49. The van der Waals surface area contributed by atoms with Crippen LogP contribution in [0.2, 0.25) is 0 Å². The highest BCUT2D eigenvalue weighted by Gasteiger charge is 2.37. The molecule has 2 heteroatoms. The second-order valence-electron chi connectivity index (χ2n) is 14.0. The molecule has 230 valence electrons. The first-order valence-electron chi connectivity index (χ1n) is 17.0. The summed E-state index contributed by atoms with van der Waals surface area (Å²) in [4.78, 5) is 0. The van der Waals surface area contributed by atoms with Gasteiger partial charge in [-0.2, -0.15) is 0 Å². The minimum atomic E-state index is -0.190. The standard InChI is InChI=1S/C47H30O2/c1-47(2)40-25-28(31-13-8-16-42-44(31)39-22-17-27-9-3-4-10-32(27)46(39)49-42)18-20-34(40)38-24-23-33-30(12-7-14-37(33)45(38)47)29-19-21-36-35-11-5-6-15-41(35)48-43(36)26-29/h3-26H,1-2H3. The van der Waals surface area contributed by atoms with E-state index in [4.69, 9.17) is 8.83 Å². The highest BCUT2D eigenvalue weighted by molar-refractivity contribution is 6.19. The average Bonchev–Trinajstić information content (AvgIpc) is 3.78. The third-order valence-corrected chi connectivity index (χ3v) is 11.1.